The Balaban J connectivity index is 1.48. The first-order chi connectivity index (χ1) is 14.1. The van der Waals surface area contributed by atoms with Crippen molar-refractivity contribution in [2.75, 3.05) is 25.5 Å². The number of hydrogen-bond donors (Lipinski definition) is 2. The van der Waals surface area contributed by atoms with Crippen LogP contribution < -0.4 is 15.7 Å². The number of nitrogens with zero attached hydrogens (tertiary/aromatic N) is 3. The average Bonchev–Trinajstić information content (AvgIpc) is 3.16. The molecule has 8 heteroatoms. The summed E-state index contributed by atoms with van der Waals surface area (Å²) in [4.78, 5) is 29.6. The fraction of sp³-hybridized carbons (Fsp3) is 0.286. The second kappa shape index (κ2) is 8.22. The van der Waals surface area contributed by atoms with E-state index in [9.17, 15) is 9.59 Å². The molecule has 0 saturated carbocycles. The SMILES string of the molecule is COc1ccc(-n2nc(C3CCCN(C(=O)Nc4ccccc4)C3)[nH]c2=O)cc1. The number of anilines is 1. The lowest BCUT2D eigenvalue weighted by molar-refractivity contribution is 0.191. The Morgan fingerprint density at radius 3 is 2.66 bits per heavy atom. The zero-order chi connectivity index (χ0) is 20.2. The molecule has 4 rings (SSSR count). The molecule has 1 aromatic heterocycles. The van der Waals surface area contributed by atoms with Gasteiger partial charge in [-0.3, -0.25) is 4.98 Å². The van der Waals surface area contributed by atoms with E-state index in [-0.39, 0.29) is 17.6 Å². The zero-order valence-corrected chi connectivity index (χ0v) is 16.2. The Morgan fingerprint density at radius 2 is 1.93 bits per heavy atom. The summed E-state index contributed by atoms with van der Waals surface area (Å²) >= 11 is 0. The van der Waals surface area contributed by atoms with Crippen molar-refractivity contribution in [3.8, 4) is 11.4 Å². The van der Waals surface area contributed by atoms with Crippen LogP contribution in [0.2, 0.25) is 0 Å². The van der Waals surface area contributed by atoms with Crippen molar-refractivity contribution in [3.05, 3.63) is 70.9 Å². The van der Waals surface area contributed by atoms with Crippen LogP contribution in [-0.4, -0.2) is 45.9 Å². The summed E-state index contributed by atoms with van der Waals surface area (Å²) in [5, 5.41) is 7.40. The molecule has 1 fully saturated rings. The van der Waals surface area contributed by atoms with Crippen LogP contribution in [0.3, 0.4) is 0 Å². The van der Waals surface area contributed by atoms with Gasteiger partial charge in [0.15, 0.2) is 0 Å². The minimum absolute atomic E-state index is 0.0162. The normalized spacial score (nSPS) is 16.4. The van der Waals surface area contributed by atoms with E-state index in [2.05, 4.69) is 15.4 Å². The Kier molecular flexibility index (Phi) is 5.33. The second-order valence-electron chi connectivity index (χ2n) is 7.01. The Morgan fingerprint density at radius 1 is 1.17 bits per heavy atom. The van der Waals surface area contributed by atoms with E-state index < -0.39 is 0 Å². The van der Waals surface area contributed by atoms with Gasteiger partial charge >= 0.3 is 11.7 Å². The molecule has 2 heterocycles. The first-order valence-corrected chi connectivity index (χ1v) is 9.58. The van der Waals surface area contributed by atoms with Gasteiger partial charge in [-0.15, -0.1) is 5.10 Å². The van der Waals surface area contributed by atoms with Crippen molar-refractivity contribution in [2.45, 2.75) is 18.8 Å². The van der Waals surface area contributed by atoms with Crippen molar-refractivity contribution in [1.82, 2.24) is 19.7 Å². The van der Waals surface area contributed by atoms with Gasteiger partial charge in [-0.25, -0.2) is 9.59 Å². The standard InChI is InChI=1S/C21H23N5O3/c1-29-18-11-9-17(10-12-18)26-21(28)23-19(24-26)15-6-5-13-25(14-15)20(27)22-16-7-3-2-4-8-16/h2-4,7-12,15H,5-6,13-14H2,1H3,(H,22,27)(H,23,24,28). The number of rotatable bonds is 4. The van der Waals surface area contributed by atoms with Gasteiger partial charge in [-0.2, -0.15) is 4.68 Å². The summed E-state index contributed by atoms with van der Waals surface area (Å²) in [5.41, 5.74) is 1.13. The number of methoxy groups -OCH3 is 1. The topological polar surface area (TPSA) is 92.2 Å². The minimum Gasteiger partial charge on any atom is -0.497 e. The number of carbonyl (C=O) groups excluding carboxylic acids is 1. The average molecular weight is 393 g/mol. The molecule has 29 heavy (non-hydrogen) atoms. The number of aromatic nitrogens is 3. The van der Waals surface area contributed by atoms with Crippen molar-refractivity contribution in [3.63, 3.8) is 0 Å². The van der Waals surface area contributed by atoms with Gasteiger partial charge in [0.05, 0.1) is 12.8 Å². The first kappa shape index (κ1) is 18.8. The molecule has 1 unspecified atom stereocenters. The van der Waals surface area contributed by atoms with Gasteiger partial charge in [-0.05, 0) is 49.2 Å². The third-order valence-electron chi connectivity index (χ3n) is 5.07. The molecule has 8 nitrogen and oxygen atoms in total. The largest absolute Gasteiger partial charge is 0.497 e. The van der Waals surface area contributed by atoms with Gasteiger partial charge in [0.1, 0.15) is 11.6 Å². The molecule has 0 bridgehead atoms. The Hall–Kier alpha value is -3.55. The van der Waals surface area contributed by atoms with E-state index in [0.717, 1.165) is 18.5 Å². The third-order valence-corrected chi connectivity index (χ3v) is 5.07. The van der Waals surface area contributed by atoms with Gasteiger partial charge in [0, 0.05) is 24.7 Å². The maximum Gasteiger partial charge on any atom is 0.348 e. The Bertz CT molecular complexity index is 1030. The third kappa shape index (κ3) is 4.16. The fourth-order valence-corrected chi connectivity index (χ4v) is 3.53. The molecule has 1 saturated heterocycles. The summed E-state index contributed by atoms with van der Waals surface area (Å²) in [6, 6.07) is 16.4. The number of benzene rings is 2. The highest BCUT2D eigenvalue weighted by molar-refractivity contribution is 5.89. The number of hydrogen-bond acceptors (Lipinski definition) is 4. The molecule has 0 radical (unpaired) electrons. The predicted molar refractivity (Wildman–Crippen MR) is 110 cm³/mol. The van der Waals surface area contributed by atoms with Crippen molar-refractivity contribution in [2.24, 2.45) is 0 Å². The molecule has 2 aromatic carbocycles. The molecule has 1 aliphatic heterocycles. The van der Waals surface area contributed by atoms with E-state index in [1.807, 2.05) is 30.3 Å². The van der Waals surface area contributed by atoms with Crippen LogP contribution in [0.4, 0.5) is 10.5 Å². The number of piperidine rings is 1. The van der Waals surface area contributed by atoms with Crippen LogP contribution in [-0.2, 0) is 0 Å². The Labute approximate surface area is 168 Å². The van der Waals surface area contributed by atoms with Gasteiger partial charge in [0.2, 0.25) is 0 Å². The van der Waals surface area contributed by atoms with E-state index >= 15 is 0 Å². The molecule has 0 spiro atoms. The highest BCUT2D eigenvalue weighted by atomic mass is 16.5. The van der Waals surface area contributed by atoms with Gasteiger partial charge < -0.3 is 15.0 Å². The molecule has 1 aliphatic rings. The molecule has 2 amide bonds. The van der Waals surface area contributed by atoms with Crippen molar-refractivity contribution < 1.29 is 9.53 Å². The molecule has 0 aliphatic carbocycles. The number of amides is 2. The lowest BCUT2D eigenvalue weighted by atomic mass is 9.98. The number of nitrogens with one attached hydrogen (secondary N) is 2. The number of likely N-dealkylation sites (tertiary alicyclic amines) is 1. The summed E-state index contributed by atoms with van der Waals surface area (Å²) < 4.78 is 6.50. The molecular formula is C21H23N5O3. The van der Waals surface area contributed by atoms with E-state index in [1.165, 1.54) is 4.68 Å². The fourth-order valence-electron chi connectivity index (χ4n) is 3.53. The molecule has 150 valence electrons. The first-order valence-electron chi connectivity index (χ1n) is 9.58. The number of H-pyrrole nitrogens is 1. The minimum atomic E-state index is -0.295. The second-order valence-corrected chi connectivity index (χ2v) is 7.01. The van der Waals surface area contributed by atoms with Crippen LogP contribution in [0, 0.1) is 0 Å². The molecular weight excluding hydrogens is 370 g/mol. The van der Waals surface area contributed by atoms with Crippen LogP contribution in [0.25, 0.3) is 5.69 Å². The lowest BCUT2D eigenvalue weighted by Crippen LogP contribution is -2.41. The number of urea groups is 1. The highest BCUT2D eigenvalue weighted by Gasteiger charge is 2.27. The maximum atomic E-state index is 12.6. The highest BCUT2D eigenvalue weighted by Crippen LogP contribution is 2.25. The van der Waals surface area contributed by atoms with Crippen LogP contribution >= 0.6 is 0 Å². The van der Waals surface area contributed by atoms with E-state index in [1.54, 1.807) is 36.3 Å². The lowest BCUT2D eigenvalue weighted by Gasteiger charge is -2.31. The van der Waals surface area contributed by atoms with Crippen LogP contribution in [0.5, 0.6) is 5.75 Å². The smallest absolute Gasteiger partial charge is 0.348 e. The summed E-state index contributed by atoms with van der Waals surface area (Å²) in [5.74, 6) is 1.30. The van der Waals surface area contributed by atoms with Crippen LogP contribution in [0.15, 0.2) is 59.4 Å². The van der Waals surface area contributed by atoms with Gasteiger partial charge in [0.25, 0.3) is 0 Å². The summed E-state index contributed by atoms with van der Waals surface area (Å²) in [7, 11) is 1.59. The molecule has 1 atom stereocenters. The molecule has 3 aromatic rings. The van der Waals surface area contributed by atoms with Crippen molar-refractivity contribution >= 4 is 11.7 Å². The summed E-state index contributed by atoms with van der Waals surface area (Å²) in [6.45, 7) is 1.19. The van der Waals surface area contributed by atoms with E-state index in [0.29, 0.717) is 30.4 Å². The maximum absolute atomic E-state index is 12.6. The quantitative estimate of drug-likeness (QED) is 0.713. The number of para-hydroxylation sites is 1. The molecule has 2 N–H and O–H groups in total. The number of carbonyl (C=O) groups is 1. The number of aromatic amines is 1. The van der Waals surface area contributed by atoms with Crippen LogP contribution in [0.1, 0.15) is 24.6 Å². The van der Waals surface area contributed by atoms with Gasteiger partial charge in [-0.1, -0.05) is 18.2 Å². The monoisotopic (exact) mass is 393 g/mol. The number of ether oxygens (including phenoxy) is 1. The van der Waals surface area contributed by atoms with E-state index in [4.69, 9.17) is 4.74 Å². The predicted octanol–water partition coefficient (Wildman–Crippen LogP) is 2.98. The zero-order valence-electron chi connectivity index (χ0n) is 16.2. The summed E-state index contributed by atoms with van der Waals surface area (Å²) in [6.07, 6.45) is 1.72. The van der Waals surface area contributed by atoms with Crippen molar-refractivity contribution in [1.29, 1.82) is 0 Å².